The lowest BCUT2D eigenvalue weighted by Crippen LogP contribution is -2.39. The molecule has 0 fully saturated rings. The van der Waals surface area contributed by atoms with Gasteiger partial charge >= 0.3 is 5.97 Å². The van der Waals surface area contributed by atoms with Gasteiger partial charge in [-0.15, -0.1) is 0 Å². The van der Waals surface area contributed by atoms with Gasteiger partial charge in [0.2, 0.25) is 0 Å². The molecule has 0 bridgehead atoms. The van der Waals surface area contributed by atoms with Crippen molar-refractivity contribution < 1.29 is 14.6 Å². The van der Waals surface area contributed by atoms with Crippen LogP contribution in [0.3, 0.4) is 0 Å². The Kier molecular flexibility index (Phi) is 2.58. The SMILES string of the molecule is COC(=O)C1(O)C=CC(N)=C(C#N)C1. The van der Waals surface area contributed by atoms with Gasteiger partial charge in [0.1, 0.15) is 0 Å². The van der Waals surface area contributed by atoms with Crippen LogP contribution in [-0.4, -0.2) is 23.8 Å². The summed E-state index contributed by atoms with van der Waals surface area (Å²) in [5, 5.41) is 18.4. The van der Waals surface area contributed by atoms with E-state index >= 15 is 0 Å². The normalized spacial score (nSPS) is 25.8. The molecule has 0 saturated carbocycles. The van der Waals surface area contributed by atoms with E-state index in [9.17, 15) is 9.90 Å². The van der Waals surface area contributed by atoms with E-state index in [1.165, 1.54) is 19.3 Å². The van der Waals surface area contributed by atoms with Crippen LogP contribution in [0, 0.1) is 11.3 Å². The van der Waals surface area contributed by atoms with Crippen molar-refractivity contribution >= 4 is 5.97 Å². The molecular weight excluding hydrogens is 184 g/mol. The van der Waals surface area contributed by atoms with Gasteiger partial charge in [-0.1, -0.05) is 0 Å². The molecule has 0 aromatic heterocycles. The van der Waals surface area contributed by atoms with E-state index in [1.54, 1.807) is 0 Å². The molecule has 0 aromatic rings. The first-order valence-electron chi connectivity index (χ1n) is 3.92. The first kappa shape index (κ1) is 10.3. The molecule has 14 heavy (non-hydrogen) atoms. The molecule has 0 spiro atoms. The van der Waals surface area contributed by atoms with E-state index in [2.05, 4.69) is 4.74 Å². The van der Waals surface area contributed by atoms with E-state index in [-0.39, 0.29) is 17.7 Å². The van der Waals surface area contributed by atoms with Gasteiger partial charge in [-0.3, -0.25) is 0 Å². The number of rotatable bonds is 1. The summed E-state index contributed by atoms with van der Waals surface area (Å²) in [5.41, 5.74) is 4.14. The fourth-order valence-corrected chi connectivity index (χ4v) is 1.18. The van der Waals surface area contributed by atoms with Gasteiger partial charge in [0, 0.05) is 12.1 Å². The van der Waals surface area contributed by atoms with Crippen LogP contribution in [0.2, 0.25) is 0 Å². The highest BCUT2D eigenvalue weighted by atomic mass is 16.5. The molecule has 0 heterocycles. The largest absolute Gasteiger partial charge is 0.467 e. The van der Waals surface area contributed by atoms with Gasteiger partial charge in [0.05, 0.1) is 18.8 Å². The smallest absolute Gasteiger partial charge is 0.342 e. The Bertz CT molecular complexity index is 365. The molecule has 1 rings (SSSR count). The molecule has 1 atom stereocenters. The van der Waals surface area contributed by atoms with Gasteiger partial charge < -0.3 is 15.6 Å². The highest BCUT2D eigenvalue weighted by Crippen LogP contribution is 2.25. The second-order valence-corrected chi connectivity index (χ2v) is 2.97. The number of nitriles is 1. The Morgan fingerprint density at radius 3 is 3.00 bits per heavy atom. The topological polar surface area (TPSA) is 96.3 Å². The first-order valence-corrected chi connectivity index (χ1v) is 3.92. The minimum absolute atomic E-state index is 0.140. The Balaban J connectivity index is 2.99. The van der Waals surface area contributed by atoms with E-state index in [1.807, 2.05) is 6.07 Å². The number of nitrogens with two attached hydrogens (primary N) is 1. The number of nitrogens with zero attached hydrogens (tertiary/aromatic N) is 1. The number of hydrogen-bond donors (Lipinski definition) is 2. The van der Waals surface area contributed by atoms with Crippen molar-refractivity contribution in [2.75, 3.05) is 7.11 Å². The van der Waals surface area contributed by atoms with Crippen molar-refractivity contribution in [2.24, 2.45) is 5.73 Å². The van der Waals surface area contributed by atoms with Crippen LogP contribution in [0.1, 0.15) is 6.42 Å². The summed E-state index contributed by atoms with van der Waals surface area (Å²) in [4.78, 5) is 11.2. The third-order valence-corrected chi connectivity index (χ3v) is 2.01. The van der Waals surface area contributed by atoms with E-state index < -0.39 is 11.6 Å². The number of allylic oxidation sites excluding steroid dienone is 1. The minimum atomic E-state index is -1.76. The van der Waals surface area contributed by atoms with Crippen molar-refractivity contribution in [1.29, 1.82) is 5.26 Å². The molecule has 0 amide bonds. The Morgan fingerprint density at radius 2 is 2.50 bits per heavy atom. The van der Waals surface area contributed by atoms with Crippen LogP contribution in [0.4, 0.5) is 0 Å². The molecule has 0 aliphatic heterocycles. The van der Waals surface area contributed by atoms with Gasteiger partial charge in [-0.25, -0.2) is 4.79 Å². The monoisotopic (exact) mass is 194 g/mol. The quantitative estimate of drug-likeness (QED) is 0.553. The second-order valence-electron chi connectivity index (χ2n) is 2.97. The van der Waals surface area contributed by atoms with Gasteiger partial charge in [0.25, 0.3) is 0 Å². The summed E-state index contributed by atoms with van der Waals surface area (Å²) < 4.78 is 4.41. The summed E-state index contributed by atoms with van der Waals surface area (Å²) in [6, 6.07) is 1.82. The lowest BCUT2D eigenvalue weighted by atomic mass is 9.89. The Labute approximate surface area is 81.1 Å². The van der Waals surface area contributed by atoms with Crippen LogP contribution in [0.25, 0.3) is 0 Å². The third-order valence-electron chi connectivity index (χ3n) is 2.01. The van der Waals surface area contributed by atoms with Crippen molar-refractivity contribution in [3.63, 3.8) is 0 Å². The maximum absolute atomic E-state index is 11.2. The average Bonchev–Trinajstić information content (AvgIpc) is 2.20. The van der Waals surface area contributed by atoms with E-state index in [0.717, 1.165) is 0 Å². The zero-order valence-electron chi connectivity index (χ0n) is 7.65. The van der Waals surface area contributed by atoms with Crippen LogP contribution in [0.5, 0.6) is 0 Å². The molecule has 3 N–H and O–H groups in total. The van der Waals surface area contributed by atoms with Crippen LogP contribution in [0.15, 0.2) is 23.4 Å². The van der Waals surface area contributed by atoms with Crippen molar-refractivity contribution in [2.45, 2.75) is 12.0 Å². The Morgan fingerprint density at radius 1 is 1.86 bits per heavy atom. The summed E-state index contributed by atoms with van der Waals surface area (Å²) >= 11 is 0. The molecule has 0 radical (unpaired) electrons. The molecule has 1 aliphatic rings. The predicted molar refractivity (Wildman–Crippen MR) is 47.5 cm³/mol. The summed E-state index contributed by atoms with van der Waals surface area (Å²) in [6.45, 7) is 0. The van der Waals surface area contributed by atoms with Crippen LogP contribution >= 0.6 is 0 Å². The molecule has 1 aliphatic carbocycles. The van der Waals surface area contributed by atoms with Crippen molar-refractivity contribution in [3.8, 4) is 6.07 Å². The number of aliphatic hydroxyl groups is 1. The third kappa shape index (κ3) is 1.60. The van der Waals surface area contributed by atoms with Crippen LogP contribution < -0.4 is 5.73 Å². The zero-order chi connectivity index (χ0) is 10.8. The molecule has 0 saturated heterocycles. The number of carbonyl (C=O) groups is 1. The maximum Gasteiger partial charge on any atom is 0.342 e. The van der Waals surface area contributed by atoms with Gasteiger partial charge in [-0.2, -0.15) is 5.26 Å². The summed E-state index contributed by atoms with van der Waals surface area (Å²) in [5.74, 6) is -0.797. The maximum atomic E-state index is 11.2. The van der Waals surface area contributed by atoms with Crippen molar-refractivity contribution in [1.82, 2.24) is 0 Å². The Hall–Kier alpha value is -1.80. The second kappa shape index (κ2) is 3.52. The summed E-state index contributed by atoms with van der Waals surface area (Å²) in [6.07, 6.45) is 2.42. The van der Waals surface area contributed by atoms with E-state index in [4.69, 9.17) is 11.0 Å². The van der Waals surface area contributed by atoms with E-state index in [0.29, 0.717) is 0 Å². The number of esters is 1. The molecular formula is C9H10N2O3. The fraction of sp³-hybridized carbons (Fsp3) is 0.333. The highest BCUT2D eigenvalue weighted by molar-refractivity contribution is 5.83. The molecule has 5 nitrogen and oxygen atoms in total. The van der Waals surface area contributed by atoms with Gasteiger partial charge in [0.15, 0.2) is 5.60 Å². The minimum Gasteiger partial charge on any atom is -0.467 e. The first-order chi connectivity index (χ1) is 6.53. The average molecular weight is 194 g/mol. The van der Waals surface area contributed by atoms with Crippen LogP contribution in [-0.2, 0) is 9.53 Å². The number of carbonyl (C=O) groups excluding carboxylic acids is 1. The lowest BCUT2D eigenvalue weighted by Gasteiger charge is -2.24. The predicted octanol–water partition coefficient (Wildman–Crippen LogP) is -0.413. The molecule has 5 heteroatoms. The lowest BCUT2D eigenvalue weighted by molar-refractivity contribution is -0.157. The number of methoxy groups -OCH3 is 1. The standard InChI is InChI=1S/C9H10N2O3/c1-14-8(12)9(13)3-2-7(11)6(4-9)5-10/h2-3,13H,4,11H2,1H3. The highest BCUT2D eigenvalue weighted by Gasteiger charge is 2.37. The molecule has 0 aromatic carbocycles. The zero-order valence-corrected chi connectivity index (χ0v) is 7.65. The fourth-order valence-electron chi connectivity index (χ4n) is 1.18. The van der Waals surface area contributed by atoms with Crippen molar-refractivity contribution in [3.05, 3.63) is 23.4 Å². The molecule has 1 unspecified atom stereocenters. The molecule has 74 valence electrons. The number of hydrogen-bond acceptors (Lipinski definition) is 5. The van der Waals surface area contributed by atoms with Gasteiger partial charge in [-0.05, 0) is 12.2 Å². The summed E-state index contributed by atoms with van der Waals surface area (Å²) in [7, 11) is 1.17. The number of ether oxygens (including phenoxy) is 1.